The Kier molecular flexibility index (Phi) is 6.68. The van der Waals surface area contributed by atoms with Gasteiger partial charge in [0, 0.05) is 45.2 Å². The number of rotatable bonds is 7. The second-order valence-corrected chi connectivity index (χ2v) is 9.19. The van der Waals surface area contributed by atoms with Crippen molar-refractivity contribution >= 4 is 11.9 Å². The van der Waals surface area contributed by atoms with Crippen LogP contribution in [0.1, 0.15) is 62.3 Å². The van der Waals surface area contributed by atoms with E-state index in [2.05, 4.69) is 27.6 Å². The van der Waals surface area contributed by atoms with Crippen molar-refractivity contribution in [3.05, 3.63) is 35.8 Å². The van der Waals surface area contributed by atoms with E-state index in [0.717, 1.165) is 67.8 Å². The van der Waals surface area contributed by atoms with Crippen LogP contribution < -0.4 is 10.2 Å². The lowest BCUT2D eigenvalue weighted by Gasteiger charge is -2.29. The van der Waals surface area contributed by atoms with Gasteiger partial charge in [-0.3, -0.25) is 4.79 Å². The van der Waals surface area contributed by atoms with Crippen LogP contribution in [0.15, 0.2) is 28.9 Å². The Labute approximate surface area is 184 Å². The zero-order valence-electron chi connectivity index (χ0n) is 18.8. The number of amides is 1. The molecule has 2 aliphatic carbocycles. The molecule has 2 aliphatic rings. The van der Waals surface area contributed by atoms with Crippen LogP contribution in [0, 0.1) is 18.8 Å². The number of nitrogens with zero attached hydrogens (tertiary/aromatic N) is 4. The van der Waals surface area contributed by atoms with Crippen LogP contribution in [-0.4, -0.2) is 41.7 Å². The summed E-state index contributed by atoms with van der Waals surface area (Å²) in [5, 5.41) is 7.21. The maximum Gasteiger partial charge on any atom is 0.225 e. The minimum Gasteiger partial charge on any atom is -0.356 e. The van der Waals surface area contributed by atoms with Crippen molar-refractivity contribution in [3.63, 3.8) is 0 Å². The molecule has 7 heteroatoms. The molecule has 2 aromatic heterocycles. The number of aromatic nitrogens is 3. The number of hydrogen-bond donors (Lipinski definition) is 1. The van der Waals surface area contributed by atoms with Gasteiger partial charge in [0.1, 0.15) is 0 Å². The third kappa shape index (κ3) is 5.32. The molecule has 7 nitrogen and oxygen atoms in total. The molecule has 0 aromatic carbocycles. The number of allylic oxidation sites excluding steroid dienone is 2. The predicted octanol–water partition coefficient (Wildman–Crippen LogP) is 4.25. The molecule has 0 spiro atoms. The summed E-state index contributed by atoms with van der Waals surface area (Å²) in [6, 6.07) is 1.94. The molecule has 1 atom stereocenters. The fourth-order valence-corrected chi connectivity index (χ4v) is 4.67. The zero-order valence-corrected chi connectivity index (χ0v) is 18.8. The highest BCUT2D eigenvalue weighted by Gasteiger charge is 2.28. The Balaban J connectivity index is 1.38. The first-order chi connectivity index (χ1) is 15.0. The van der Waals surface area contributed by atoms with Gasteiger partial charge >= 0.3 is 0 Å². The molecule has 0 radical (unpaired) electrons. The minimum atomic E-state index is 0.188. The van der Waals surface area contributed by atoms with Crippen molar-refractivity contribution in [2.75, 3.05) is 25.5 Å². The van der Waals surface area contributed by atoms with Crippen molar-refractivity contribution in [2.24, 2.45) is 11.8 Å². The number of nitrogens with one attached hydrogen (secondary N) is 1. The third-order valence-electron chi connectivity index (χ3n) is 6.48. The van der Waals surface area contributed by atoms with E-state index < -0.39 is 0 Å². The van der Waals surface area contributed by atoms with Gasteiger partial charge < -0.3 is 14.7 Å². The van der Waals surface area contributed by atoms with Crippen molar-refractivity contribution < 1.29 is 9.32 Å². The Morgan fingerprint density at radius 2 is 2.03 bits per heavy atom. The first-order valence-corrected chi connectivity index (χ1v) is 11.4. The molecule has 1 amide bonds. The van der Waals surface area contributed by atoms with Gasteiger partial charge in [0.05, 0.1) is 17.0 Å². The van der Waals surface area contributed by atoms with Gasteiger partial charge in [-0.05, 0) is 57.3 Å². The van der Waals surface area contributed by atoms with Gasteiger partial charge in [0.2, 0.25) is 11.9 Å². The quantitative estimate of drug-likeness (QED) is 0.670. The number of aryl methyl sites for hydroxylation is 1. The maximum absolute atomic E-state index is 12.2. The van der Waals surface area contributed by atoms with Crippen LogP contribution in [-0.2, 0) is 4.79 Å². The Hall–Kier alpha value is -2.70. The van der Waals surface area contributed by atoms with Crippen LogP contribution in [0.5, 0.6) is 0 Å². The molecule has 1 saturated carbocycles. The normalized spacial score (nSPS) is 23.1. The van der Waals surface area contributed by atoms with Crippen LogP contribution in [0.3, 0.4) is 0 Å². The van der Waals surface area contributed by atoms with Gasteiger partial charge in [0.15, 0.2) is 5.76 Å². The van der Waals surface area contributed by atoms with Crippen LogP contribution in [0.25, 0.3) is 11.3 Å². The number of hydrogen-bond acceptors (Lipinski definition) is 6. The number of carbonyl (C=O) groups excluding carboxylic acids is 1. The van der Waals surface area contributed by atoms with Gasteiger partial charge in [-0.1, -0.05) is 17.3 Å². The molecular weight excluding hydrogens is 390 g/mol. The van der Waals surface area contributed by atoms with Crippen molar-refractivity contribution in [2.45, 2.75) is 57.8 Å². The van der Waals surface area contributed by atoms with E-state index in [1.165, 1.54) is 0 Å². The fraction of sp³-hybridized carbons (Fsp3) is 0.583. The standard InChI is InChI=1S/C24H33N5O2/c1-16-12-21(31-28-16)20-15-26-24(29(2)3)27-23(20)19-10-8-18(9-11-19)14-25-22(30)13-17-6-4-5-7-17/h4,6,12,15,17-19H,5,7-11,13-14H2,1-3H3,(H,25,30)/t17-,18?,19?/m1/s1. The Bertz CT molecular complexity index is 928. The van der Waals surface area contributed by atoms with Crippen LogP contribution in [0.4, 0.5) is 5.95 Å². The Morgan fingerprint density at radius 1 is 1.23 bits per heavy atom. The summed E-state index contributed by atoms with van der Waals surface area (Å²) in [6.45, 7) is 2.70. The lowest BCUT2D eigenvalue weighted by molar-refractivity contribution is -0.121. The molecule has 0 aliphatic heterocycles. The lowest BCUT2D eigenvalue weighted by Crippen LogP contribution is -2.32. The van der Waals surface area contributed by atoms with Gasteiger partial charge in [-0.2, -0.15) is 0 Å². The Morgan fingerprint density at radius 3 is 2.68 bits per heavy atom. The van der Waals surface area contributed by atoms with Crippen molar-refractivity contribution in [3.8, 4) is 11.3 Å². The topological polar surface area (TPSA) is 84.2 Å². The van der Waals surface area contributed by atoms with E-state index in [9.17, 15) is 4.79 Å². The summed E-state index contributed by atoms with van der Waals surface area (Å²) in [6.07, 6.45) is 13.3. The molecule has 0 bridgehead atoms. The van der Waals surface area contributed by atoms with Gasteiger partial charge in [-0.25, -0.2) is 9.97 Å². The van der Waals surface area contributed by atoms with Crippen molar-refractivity contribution in [1.29, 1.82) is 0 Å². The highest BCUT2D eigenvalue weighted by molar-refractivity contribution is 5.76. The summed E-state index contributed by atoms with van der Waals surface area (Å²) >= 11 is 0. The van der Waals surface area contributed by atoms with E-state index in [1.807, 2.05) is 38.2 Å². The van der Waals surface area contributed by atoms with Crippen LogP contribution in [0.2, 0.25) is 0 Å². The zero-order chi connectivity index (χ0) is 21.8. The van der Waals surface area contributed by atoms with Gasteiger partial charge in [0.25, 0.3) is 0 Å². The first-order valence-electron chi connectivity index (χ1n) is 11.4. The molecule has 1 N–H and O–H groups in total. The summed E-state index contributed by atoms with van der Waals surface area (Å²) < 4.78 is 5.53. The van der Waals surface area contributed by atoms with E-state index in [4.69, 9.17) is 9.51 Å². The smallest absolute Gasteiger partial charge is 0.225 e. The molecule has 0 saturated heterocycles. The molecule has 4 rings (SSSR count). The molecule has 1 fully saturated rings. The first kappa shape index (κ1) is 21.5. The minimum absolute atomic E-state index is 0.188. The van der Waals surface area contributed by atoms with E-state index >= 15 is 0 Å². The van der Waals surface area contributed by atoms with E-state index in [1.54, 1.807) is 0 Å². The summed E-state index contributed by atoms with van der Waals surface area (Å²) in [5.41, 5.74) is 2.84. The average molecular weight is 424 g/mol. The number of carbonyl (C=O) groups is 1. The van der Waals surface area contributed by atoms with Crippen molar-refractivity contribution in [1.82, 2.24) is 20.4 Å². The highest BCUT2D eigenvalue weighted by atomic mass is 16.5. The largest absolute Gasteiger partial charge is 0.356 e. The summed E-state index contributed by atoms with van der Waals surface area (Å²) in [4.78, 5) is 23.6. The molecule has 0 unspecified atom stereocenters. The molecule has 166 valence electrons. The molecule has 31 heavy (non-hydrogen) atoms. The molecule has 2 aromatic rings. The highest BCUT2D eigenvalue weighted by Crippen LogP contribution is 2.39. The maximum atomic E-state index is 12.2. The second kappa shape index (κ2) is 9.62. The molecule has 2 heterocycles. The van der Waals surface area contributed by atoms with E-state index in [0.29, 0.717) is 30.1 Å². The summed E-state index contributed by atoms with van der Waals surface area (Å²) in [5.74, 6) is 2.95. The third-order valence-corrected chi connectivity index (χ3v) is 6.48. The predicted molar refractivity (Wildman–Crippen MR) is 121 cm³/mol. The van der Waals surface area contributed by atoms with E-state index in [-0.39, 0.29) is 5.91 Å². The SMILES string of the molecule is Cc1cc(-c2cnc(N(C)C)nc2C2CCC(CNC(=O)C[C@@H]3C=CCC3)CC2)on1. The van der Waals surface area contributed by atoms with Crippen LogP contribution >= 0.6 is 0 Å². The second-order valence-electron chi connectivity index (χ2n) is 9.19. The van der Waals surface area contributed by atoms with Gasteiger partial charge in [-0.15, -0.1) is 0 Å². The lowest BCUT2D eigenvalue weighted by atomic mass is 9.79. The monoisotopic (exact) mass is 423 g/mol. The number of anilines is 1. The fourth-order valence-electron chi connectivity index (χ4n) is 4.67. The summed E-state index contributed by atoms with van der Waals surface area (Å²) in [7, 11) is 3.91. The average Bonchev–Trinajstić information content (AvgIpc) is 3.44. The molecular formula is C24H33N5O2.